The van der Waals surface area contributed by atoms with Crippen molar-refractivity contribution in [3.05, 3.63) is 119 Å². The van der Waals surface area contributed by atoms with Crippen LogP contribution in [0.1, 0.15) is 48.0 Å². The summed E-state index contributed by atoms with van der Waals surface area (Å²) in [6.45, 7) is 2.07. The maximum atomic E-state index is 12.3. The van der Waals surface area contributed by atoms with Crippen molar-refractivity contribution in [3.63, 3.8) is 0 Å². The van der Waals surface area contributed by atoms with Crippen molar-refractivity contribution in [3.8, 4) is 11.1 Å². The molecule has 0 saturated carbocycles. The molecule has 248 valence electrons. The number of rotatable bonds is 12. The van der Waals surface area contributed by atoms with Crippen LogP contribution in [0.15, 0.2) is 101 Å². The molecule has 1 aliphatic heterocycles. The van der Waals surface area contributed by atoms with Crippen LogP contribution < -0.4 is 10.6 Å². The fraction of sp³-hybridized carbons (Fsp3) is 0.270. The van der Waals surface area contributed by atoms with Crippen LogP contribution >= 0.6 is 23.1 Å². The van der Waals surface area contributed by atoms with Crippen LogP contribution in [0.3, 0.4) is 0 Å². The number of para-hydroxylation sites is 1. The van der Waals surface area contributed by atoms with Crippen molar-refractivity contribution in [1.82, 2.24) is 15.6 Å². The zero-order valence-electron chi connectivity index (χ0n) is 26.5. The first-order valence-electron chi connectivity index (χ1n) is 15.8. The molecule has 0 spiro atoms. The van der Waals surface area contributed by atoms with Crippen LogP contribution in [-0.2, 0) is 32.2 Å². The first kappa shape index (κ1) is 33.6. The highest BCUT2D eigenvalue weighted by Gasteiger charge is 2.32. The maximum Gasteiger partial charge on any atom is 0.325 e. The lowest BCUT2D eigenvalue weighted by Crippen LogP contribution is -2.38. The van der Waals surface area contributed by atoms with Gasteiger partial charge in [0.15, 0.2) is 10.6 Å². The van der Waals surface area contributed by atoms with Gasteiger partial charge in [-0.3, -0.25) is 4.79 Å². The quantitative estimate of drug-likeness (QED) is 0.0937. The van der Waals surface area contributed by atoms with E-state index in [2.05, 4.69) is 16.7 Å². The van der Waals surface area contributed by atoms with E-state index in [9.17, 15) is 14.7 Å². The van der Waals surface area contributed by atoms with Gasteiger partial charge in [0.2, 0.25) is 0 Å². The van der Waals surface area contributed by atoms with Gasteiger partial charge in [0.1, 0.15) is 6.54 Å². The van der Waals surface area contributed by atoms with E-state index < -0.39 is 18.3 Å². The lowest BCUT2D eigenvalue weighted by molar-refractivity contribution is -0.245. The number of benzene rings is 4. The van der Waals surface area contributed by atoms with Crippen molar-refractivity contribution < 1.29 is 28.9 Å². The number of carbonyl (C=O) groups is 2. The van der Waals surface area contributed by atoms with Gasteiger partial charge in [-0.2, -0.15) is 0 Å². The highest BCUT2D eigenvalue weighted by molar-refractivity contribution is 8.01. The molecule has 1 aliphatic rings. The second-order valence-corrected chi connectivity index (χ2v) is 13.5. The summed E-state index contributed by atoms with van der Waals surface area (Å²) in [4.78, 5) is 28.6. The Kier molecular flexibility index (Phi) is 11.4. The van der Waals surface area contributed by atoms with Crippen molar-refractivity contribution in [2.75, 3.05) is 18.9 Å². The fourth-order valence-electron chi connectivity index (χ4n) is 5.48. The standard InChI is InChI=1S/C37H37N3O6S2/c1-2-44-34(42)21-39-36(43)38-20-28-7-3-4-8-30(28)25-15-17-27(18-16-25)35-45-29(19-32(46-35)26-13-11-24(22-41)12-14-26)23-47-37-40-31-9-5-6-10-33(31)48-37/h3-18,29,32,35,41H,2,19-23H2,1H3,(H2,38,39,43)/t29-,32+,35+/m1/s1. The number of hydrogen-bond donors (Lipinski definition) is 3. The summed E-state index contributed by atoms with van der Waals surface area (Å²) >= 11 is 3.40. The van der Waals surface area contributed by atoms with Gasteiger partial charge in [-0.1, -0.05) is 96.7 Å². The number of hydrogen-bond acceptors (Lipinski definition) is 9. The smallest absolute Gasteiger partial charge is 0.325 e. The minimum atomic E-state index is -0.573. The SMILES string of the molecule is CCOC(=O)CNC(=O)NCc1ccccc1-c1ccc([C@H]2O[C@@H](CSc3nc4ccccc4s3)C[C@@H](c3ccc(CO)cc3)O2)cc1. The number of aliphatic hydroxyl groups is 1. The van der Waals surface area contributed by atoms with Gasteiger partial charge in [0.25, 0.3) is 0 Å². The predicted octanol–water partition coefficient (Wildman–Crippen LogP) is 7.16. The Morgan fingerprint density at radius 2 is 1.69 bits per heavy atom. The minimum Gasteiger partial charge on any atom is -0.465 e. The largest absolute Gasteiger partial charge is 0.465 e. The highest BCUT2D eigenvalue weighted by atomic mass is 32.2. The molecule has 0 radical (unpaired) electrons. The van der Waals surface area contributed by atoms with Gasteiger partial charge in [0.05, 0.1) is 35.6 Å². The van der Waals surface area contributed by atoms with E-state index in [1.54, 1.807) is 30.0 Å². The first-order valence-corrected chi connectivity index (χ1v) is 17.6. The Balaban J connectivity index is 1.15. The normalized spacial score (nSPS) is 17.6. The van der Waals surface area contributed by atoms with E-state index in [-0.39, 0.29) is 38.5 Å². The molecular formula is C37H37N3O6S2. The molecule has 11 heteroatoms. The second kappa shape index (κ2) is 16.2. The van der Waals surface area contributed by atoms with Crippen molar-refractivity contribution >= 4 is 45.3 Å². The molecule has 0 unspecified atom stereocenters. The van der Waals surface area contributed by atoms with Gasteiger partial charge >= 0.3 is 12.0 Å². The molecule has 0 aliphatic carbocycles. The van der Waals surface area contributed by atoms with Crippen LogP contribution in [0.5, 0.6) is 0 Å². The molecule has 48 heavy (non-hydrogen) atoms. The fourth-order valence-corrected chi connectivity index (χ4v) is 7.59. The molecule has 1 fully saturated rings. The molecule has 2 amide bonds. The summed E-state index contributed by atoms with van der Waals surface area (Å²) in [5.41, 5.74) is 6.70. The zero-order valence-corrected chi connectivity index (χ0v) is 28.1. The summed E-state index contributed by atoms with van der Waals surface area (Å²) in [5.74, 6) is 0.250. The second-order valence-electron chi connectivity index (χ2n) is 11.2. The first-order chi connectivity index (χ1) is 23.5. The van der Waals surface area contributed by atoms with Gasteiger partial charge in [0, 0.05) is 24.3 Å². The average Bonchev–Trinajstić information content (AvgIpc) is 3.56. The predicted molar refractivity (Wildman–Crippen MR) is 188 cm³/mol. The molecule has 2 heterocycles. The topological polar surface area (TPSA) is 119 Å². The maximum absolute atomic E-state index is 12.3. The zero-order chi connectivity index (χ0) is 33.3. The minimum absolute atomic E-state index is 0.00675. The van der Waals surface area contributed by atoms with Crippen LogP contribution in [0.2, 0.25) is 0 Å². The molecule has 1 saturated heterocycles. The number of thioether (sulfide) groups is 1. The van der Waals surface area contributed by atoms with E-state index in [0.29, 0.717) is 6.42 Å². The number of aromatic nitrogens is 1. The number of ether oxygens (including phenoxy) is 3. The Bertz CT molecular complexity index is 1800. The number of urea groups is 1. The lowest BCUT2D eigenvalue weighted by Gasteiger charge is -2.36. The third-order valence-corrected chi connectivity index (χ3v) is 10.2. The molecule has 9 nitrogen and oxygen atoms in total. The van der Waals surface area contributed by atoms with Crippen molar-refractivity contribution in [1.29, 1.82) is 0 Å². The van der Waals surface area contributed by atoms with E-state index in [1.807, 2.05) is 91.0 Å². The van der Waals surface area contributed by atoms with E-state index in [4.69, 9.17) is 19.2 Å². The Labute approximate surface area is 287 Å². The molecule has 0 bridgehead atoms. The average molecular weight is 684 g/mol. The van der Waals surface area contributed by atoms with Crippen LogP contribution in [0.25, 0.3) is 21.3 Å². The third kappa shape index (κ3) is 8.60. The highest BCUT2D eigenvalue weighted by Crippen LogP contribution is 2.40. The number of fused-ring (bicyclic) bond motifs is 1. The Hall–Kier alpha value is -4.26. The summed E-state index contributed by atoms with van der Waals surface area (Å²) in [5, 5.41) is 14.9. The number of amides is 2. The van der Waals surface area contributed by atoms with Crippen LogP contribution in [0, 0.1) is 0 Å². The molecule has 1 aromatic heterocycles. The number of esters is 1. The van der Waals surface area contributed by atoms with Crippen molar-refractivity contribution in [2.24, 2.45) is 0 Å². The molecule has 6 rings (SSSR count). The van der Waals surface area contributed by atoms with Crippen LogP contribution in [0.4, 0.5) is 4.79 Å². The monoisotopic (exact) mass is 683 g/mol. The molecule has 3 atom stereocenters. The van der Waals surface area contributed by atoms with Gasteiger partial charge < -0.3 is 30.0 Å². The number of thiazole rings is 1. The van der Waals surface area contributed by atoms with E-state index in [1.165, 1.54) is 4.70 Å². The molecular weight excluding hydrogens is 647 g/mol. The third-order valence-electron chi connectivity index (χ3n) is 7.93. The summed E-state index contributed by atoms with van der Waals surface area (Å²) in [6, 6.07) is 31.6. The molecule has 4 aromatic carbocycles. The van der Waals surface area contributed by atoms with E-state index >= 15 is 0 Å². The number of carbonyl (C=O) groups excluding carboxylic acids is 2. The van der Waals surface area contributed by atoms with Crippen molar-refractivity contribution in [2.45, 2.75) is 49.3 Å². The van der Waals surface area contributed by atoms with Gasteiger partial charge in [-0.25, -0.2) is 9.78 Å². The van der Waals surface area contributed by atoms with Gasteiger partial charge in [-0.15, -0.1) is 11.3 Å². The molecule has 5 aromatic rings. The Morgan fingerprint density at radius 3 is 2.46 bits per heavy atom. The number of aliphatic hydroxyl groups excluding tert-OH is 1. The number of nitrogens with zero attached hydrogens (tertiary/aromatic N) is 1. The van der Waals surface area contributed by atoms with Crippen LogP contribution in [-0.4, -0.2) is 47.1 Å². The van der Waals surface area contributed by atoms with E-state index in [0.717, 1.165) is 49.0 Å². The Morgan fingerprint density at radius 1 is 0.938 bits per heavy atom. The number of nitrogens with one attached hydrogen (secondary N) is 2. The molecule has 3 N–H and O–H groups in total. The summed E-state index contributed by atoms with van der Waals surface area (Å²) in [6.07, 6.45) is -0.140. The summed E-state index contributed by atoms with van der Waals surface area (Å²) < 4.78 is 20.2. The lowest BCUT2D eigenvalue weighted by atomic mass is 9.98. The van der Waals surface area contributed by atoms with Gasteiger partial charge in [-0.05, 0) is 46.9 Å². The summed E-state index contributed by atoms with van der Waals surface area (Å²) in [7, 11) is 0.